The van der Waals surface area contributed by atoms with E-state index in [1.165, 1.54) is 25.1 Å². The number of benzene rings is 1. The average Bonchev–Trinajstić information content (AvgIpc) is 2.44. The molecule has 4 nitrogen and oxygen atoms in total. The molecule has 23 heavy (non-hydrogen) atoms. The maximum Gasteiger partial charge on any atom is 0.423 e. The number of amides is 1. The van der Waals surface area contributed by atoms with Gasteiger partial charge in [0.25, 0.3) is 0 Å². The van der Waals surface area contributed by atoms with Crippen LogP contribution in [0.2, 0.25) is 0 Å². The predicted octanol–water partition coefficient (Wildman–Crippen LogP) is 2.49. The minimum Gasteiger partial charge on any atom is -0.375 e. The Balaban J connectivity index is 0.00000484. The SMILES string of the molecule is CCCC(C)(N)C(=O)NCC(O)(c1ccccc1)C(F)(F)F.Cl. The molecule has 0 radical (unpaired) electrons. The van der Waals surface area contributed by atoms with E-state index in [2.05, 4.69) is 5.32 Å². The van der Waals surface area contributed by atoms with Crippen LogP contribution in [-0.2, 0) is 10.4 Å². The molecule has 0 aliphatic heterocycles. The van der Waals surface area contributed by atoms with Crippen LogP contribution in [0.5, 0.6) is 0 Å². The molecule has 1 amide bonds. The molecule has 0 aliphatic carbocycles. The van der Waals surface area contributed by atoms with E-state index >= 15 is 0 Å². The number of rotatable bonds is 6. The number of hydrogen-bond acceptors (Lipinski definition) is 3. The van der Waals surface area contributed by atoms with Gasteiger partial charge in [-0.2, -0.15) is 13.2 Å². The second-order valence-corrected chi connectivity index (χ2v) is 5.57. The van der Waals surface area contributed by atoms with Gasteiger partial charge in [0.05, 0.1) is 12.1 Å². The standard InChI is InChI=1S/C15H21F3N2O2.ClH/c1-3-9-13(2,19)12(21)20-10-14(22,15(16,17)18)11-7-5-4-6-8-11;/h4-8,22H,3,9-10,19H2,1-2H3,(H,20,21);1H. The lowest BCUT2D eigenvalue weighted by atomic mass is 9.91. The third-order valence-electron chi connectivity index (χ3n) is 3.51. The molecule has 0 saturated carbocycles. The Labute approximate surface area is 139 Å². The molecule has 0 saturated heterocycles. The molecule has 8 heteroatoms. The fourth-order valence-corrected chi connectivity index (χ4v) is 2.12. The Bertz CT molecular complexity index is 509. The molecule has 2 unspecified atom stereocenters. The Morgan fingerprint density at radius 3 is 2.22 bits per heavy atom. The summed E-state index contributed by atoms with van der Waals surface area (Å²) in [6.07, 6.45) is -3.99. The lowest BCUT2D eigenvalue weighted by molar-refractivity contribution is -0.264. The topological polar surface area (TPSA) is 75.4 Å². The van der Waals surface area contributed by atoms with Crippen molar-refractivity contribution in [3.8, 4) is 0 Å². The molecule has 0 spiro atoms. The van der Waals surface area contributed by atoms with Gasteiger partial charge in [-0.05, 0) is 18.9 Å². The van der Waals surface area contributed by atoms with Crippen molar-refractivity contribution >= 4 is 18.3 Å². The second-order valence-electron chi connectivity index (χ2n) is 5.57. The molecule has 0 aliphatic rings. The first-order chi connectivity index (χ1) is 10.0. The van der Waals surface area contributed by atoms with Crippen LogP contribution in [0.1, 0.15) is 32.3 Å². The van der Waals surface area contributed by atoms with Gasteiger partial charge in [0.15, 0.2) is 0 Å². The van der Waals surface area contributed by atoms with Gasteiger partial charge in [-0.3, -0.25) is 4.79 Å². The molecule has 1 rings (SSSR count). The molecule has 4 N–H and O–H groups in total. The lowest BCUT2D eigenvalue weighted by Gasteiger charge is -2.32. The van der Waals surface area contributed by atoms with Crippen LogP contribution in [0.4, 0.5) is 13.2 Å². The summed E-state index contributed by atoms with van der Waals surface area (Å²) in [6, 6.07) is 6.63. The molecular weight excluding hydrogens is 333 g/mol. The first-order valence-electron chi connectivity index (χ1n) is 6.96. The maximum absolute atomic E-state index is 13.3. The second kappa shape index (κ2) is 7.99. The summed E-state index contributed by atoms with van der Waals surface area (Å²) in [5, 5.41) is 12.2. The monoisotopic (exact) mass is 354 g/mol. The smallest absolute Gasteiger partial charge is 0.375 e. The number of nitrogens with two attached hydrogens (primary N) is 1. The van der Waals surface area contributed by atoms with Gasteiger partial charge in [-0.25, -0.2) is 0 Å². The largest absolute Gasteiger partial charge is 0.423 e. The third-order valence-corrected chi connectivity index (χ3v) is 3.51. The van der Waals surface area contributed by atoms with Gasteiger partial charge in [0.1, 0.15) is 0 Å². The zero-order valence-electron chi connectivity index (χ0n) is 13.0. The summed E-state index contributed by atoms with van der Waals surface area (Å²) >= 11 is 0. The molecule has 132 valence electrons. The average molecular weight is 355 g/mol. The zero-order valence-corrected chi connectivity index (χ0v) is 13.8. The first kappa shape index (κ1) is 21.7. The van der Waals surface area contributed by atoms with E-state index in [-0.39, 0.29) is 18.0 Å². The molecular formula is C15H22ClF3N2O2. The number of alkyl halides is 3. The van der Waals surface area contributed by atoms with Crippen LogP contribution in [0.3, 0.4) is 0 Å². The third kappa shape index (κ3) is 5.09. The fraction of sp³-hybridized carbons (Fsp3) is 0.533. The van der Waals surface area contributed by atoms with Crippen molar-refractivity contribution in [3.05, 3.63) is 35.9 Å². The van der Waals surface area contributed by atoms with Crippen LogP contribution < -0.4 is 11.1 Å². The van der Waals surface area contributed by atoms with E-state index in [4.69, 9.17) is 5.73 Å². The number of halogens is 4. The van der Waals surface area contributed by atoms with E-state index < -0.39 is 29.8 Å². The highest BCUT2D eigenvalue weighted by molar-refractivity contribution is 5.85. The van der Waals surface area contributed by atoms with Gasteiger partial charge in [-0.1, -0.05) is 43.7 Å². The summed E-state index contributed by atoms with van der Waals surface area (Å²) in [5.41, 5.74) is 0.997. The predicted molar refractivity (Wildman–Crippen MR) is 84.2 cm³/mol. The van der Waals surface area contributed by atoms with Crippen LogP contribution in [-0.4, -0.2) is 29.3 Å². The van der Waals surface area contributed by atoms with Crippen LogP contribution in [0.15, 0.2) is 30.3 Å². The van der Waals surface area contributed by atoms with Gasteiger partial charge in [-0.15, -0.1) is 12.4 Å². The van der Waals surface area contributed by atoms with Crippen LogP contribution >= 0.6 is 12.4 Å². The van der Waals surface area contributed by atoms with Gasteiger partial charge < -0.3 is 16.2 Å². The zero-order chi connectivity index (χ0) is 17.0. The molecule has 1 aromatic carbocycles. The number of nitrogens with one attached hydrogen (secondary N) is 1. The van der Waals surface area contributed by atoms with Crippen molar-refractivity contribution in [2.24, 2.45) is 5.73 Å². The normalized spacial score (nSPS) is 16.7. The van der Waals surface area contributed by atoms with Crippen LogP contribution in [0.25, 0.3) is 0 Å². The number of carbonyl (C=O) groups is 1. The van der Waals surface area contributed by atoms with Crippen molar-refractivity contribution in [1.82, 2.24) is 5.32 Å². The quantitative estimate of drug-likeness (QED) is 0.734. The van der Waals surface area contributed by atoms with E-state index in [1.54, 1.807) is 0 Å². The van der Waals surface area contributed by atoms with Gasteiger partial charge in [0, 0.05) is 0 Å². The Morgan fingerprint density at radius 2 is 1.78 bits per heavy atom. The summed E-state index contributed by atoms with van der Waals surface area (Å²) in [6.45, 7) is 2.27. The van der Waals surface area contributed by atoms with E-state index in [9.17, 15) is 23.1 Å². The summed E-state index contributed by atoms with van der Waals surface area (Å²) < 4.78 is 39.8. The van der Waals surface area contributed by atoms with E-state index in [0.717, 1.165) is 12.1 Å². The van der Waals surface area contributed by atoms with E-state index in [1.807, 2.05) is 6.92 Å². The highest BCUT2D eigenvalue weighted by Gasteiger charge is 2.55. The summed E-state index contributed by atoms with van der Waals surface area (Å²) in [4.78, 5) is 11.9. The van der Waals surface area contributed by atoms with Crippen molar-refractivity contribution < 1.29 is 23.1 Å². The highest BCUT2D eigenvalue weighted by atomic mass is 35.5. The summed E-state index contributed by atoms with van der Waals surface area (Å²) in [5.74, 6) is -0.729. The van der Waals surface area contributed by atoms with Crippen molar-refractivity contribution in [1.29, 1.82) is 0 Å². The van der Waals surface area contributed by atoms with Crippen molar-refractivity contribution in [2.45, 2.75) is 44.0 Å². The van der Waals surface area contributed by atoms with Crippen molar-refractivity contribution in [3.63, 3.8) is 0 Å². The minimum atomic E-state index is -4.93. The van der Waals surface area contributed by atoms with Gasteiger partial charge >= 0.3 is 6.18 Å². The highest BCUT2D eigenvalue weighted by Crippen LogP contribution is 2.38. The lowest BCUT2D eigenvalue weighted by Crippen LogP contribution is -2.57. The first-order valence-corrected chi connectivity index (χ1v) is 6.96. The Morgan fingerprint density at radius 1 is 1.26 bits per heavy atom. The minimum absolute atomic E-state index is 0. The van der Waals surface area contributed by atoms with E-state index in [0.29, 0.717) is 12.8 Å². The van der Waals surface area contributed by atoms with Crippen molar-refractivity contribution in [2.75, 3.05) is 6.54 Å². The maximum atomic E-state index is 13.3. The summed E-state index contributed by atoms with van der Waals surface area (Å²) in [7, 11) is 0. The molecule has 0 aromatic heterocycles. The number of aliphatic hydroxyl groups is 1. The molecule has 0 heterocycles. The number of carbonyl (C=O) groups excluding carboxylic acids is 1. The Kier molecular flexibility index (Phi) is 7.53. The van der Waals surface area contributed by atoms with Crippen LogP contribution in [0, 0.1) is 0 Å². The molecule has 0 fully saturated rings. The fourth-order valence-electron chi connectivity index (χ4n) is 2.12. The number of hydrogen-bond donors (Lipinski definition) is 3. The molecule has 1 aromatic rings. The van der Waals surface area contributed by atoms with Gasteiger partial charge in [0.2, 0.25) is 11.5 Å². The Hall–Kier alpha value is -1.31. The molecule has 2 atom stereocenters. The molecule has 0 bridgehead atoms.